The summed E-state index contributed by atoms with van der Waals surface area (Å²) >= 11 is 6.14. The van der Waals surface area contributed by atoms with Gasteiger partial charge in [-0.2, -0.15) is 14.7 Å². The van der Waals surface area contributed by atoms with Gasteiger partial charge in [-0.1, -0.05) is 11.6 Å². The molecule has 3 aromatic rings. The number of carboxylic acids is 1. The number of nitrogens with one attached hydrogen (secondary N) is 2. The molecule has 0 aliphatic rings. The lowest BCUT2D eigenvalue weighted by atomic mass is 10.2. The number of aromatic nitrogens is 4. The Labute approximate surface area is 155 Å². The predicted octanol–water partition coefficient (Wildman–Crippen LogP) is 2.92. The predicted molar refractivity (Wildman–Crippen MR) is 98.1 cm³/mol. The van der Waals surface area contributed by atoms with Crippen molar-refractivity contribution in [3.05, 3.63) is 40.8 Å². The molecule has 3 N–H and O–H groups in total. The smallest absolute Gasteiger partial charge is 0.325 e. The zero-order chi connectivity index (χ0) is 18.7. The minimum atomic E-state index is -0.897. The second-order valence-electron chi connectivity index (χ2n) is 5.98. The highest BCUT2D eigenvalue weighted by atomic mass is 35.5. The zero-order valence-electron chi connectivity index (χ0n) is 14.5. The average molecular weight is 378 g/mol. The summed E-state index contributed by atoms with van der Waals surface area (Å²) in [5.74, 6) is 0.635. The van der Waals surface area contributed by atoms with Crippen LogP contribution in [0.4, 0.5) is 5.69 Å². The number of hydrogen-bond acceptors (Lipinski definition) is 5. The molecule has 0 amide bonds. The third kappa shape index (κ3) is 3.91. The van der Waals surface area contributed by atoms with E-state index in [1.165, 1.54) is 0 Å². The summed E-state index contributed by atoms with van der Waals surface area (Å²) in [6, 6.07) is 6.55. The van der Waals surface area contributed by atoms with Gasteiger partial charge in [-0.05, 0) is 44.5 Å². The number of hydrogen-bond donors (Lipinski definition) is 3. The number of ether oxygens (including phenoxy) is 1. The lowest BCUT2D eigenvalue weighted by molar-refractivity contribution is -0.137. The van der Waals surface area contributed by atoms with E-state index in [4.69, 9.17) is 21.4 Å². The minimum Gasteiger partial charge on any atom is -0.494 e. The molecule has 2 aromatic heterocycles. The van der Waals surface area contributed by atoms with Gasteiger partial charge >= 0.3 is 5.97 Å². The van der Waals surface area contributed by atoms with Gasteiger partial charge in [-0.15, -0.1) is 0 Å². The Morgan fingerprint density at radius 3 is 2.85 bits per heavy atom. The van der Waals surface area contributed by atoms with Gasteiger partial charge in [0.25, 0.3) is 0 Å². The highest BCUT2D eigenvalue weighted by Crippen LogP contribution is 2.20. The first kappa shape index (κ1) is 18.1. The molecule has 1 aromatic carbocycles. The van der Waals surface area contributed by atoms with Crippen LogP contribution < -0.4 is 10.1 Å². The SMILES string of the molecule is Cc1nn2c(CCCOc3ccc(NC(C)C(=O)O)cc3)n[nH]c2c1Cl. The van der Waals surface area contributed by atoms with E-state index in [1.807, 2.05) is 6.92 Å². The number of anilines is 1. The van der Waals surface area contributed by atoms with Gasteiger partial charge in [-0.3, -0.25) is 9.89 Å². The van der Waals surface area contributed by atoms with Crippen LogP contribution >= 0.6 is 11.6 Å². The van der Waals surface area contributed by atoms with Crippen molar-refractivity contribution >= 4 is 28.9 Å². The first-order chi connectivity index (χ1) is 12.5. The van der Waals surface area contributed by atoms with Crippen LogP contribution in [0.15, 0.2) is 24.3 Å². The molecular formula is C17H20ClN5O3. The van der Waals surface area contributed by atoms with E-state index in [-0.39, 0.29) is 0 Å². The lowest BCUT2D eigenvalue weighted by Crippen LogP contribution is -2.25. The zero-order valence-corrected chi connectivity index (χ0v) is 15.2. The Bertz CT molecular complexity index is 903. The van der Waals surface area contributed by atoms with Crippen LogP contribution in [0.1, 0.15) is 24.9 Å². The van der Waals surface area contributed by atoms with Crippen molar-refractivity contribution < 1.29 is 14.6 Å². The van der Waals surface area contributed by atoms with E-state index < -0.39 is 12.0 Å². The maximum atomic E-state index is 10.8. The molecule has 9 heteroatoms. The molecule has 138 valence electrons. The third-order valence-corrected chi connectivity index (χ3v) is 4.40. The summed E-state index contributed by atoms with van der Waals surface area (Å²) in [6.45, 7) is 3.97. The van der Waals surface area contributed by atoms with Crippen molar-refractivity contribution in [2.75, 3.05) is 11.9 Å². The van der Waals surface area contributed by atoms with Crippen LogP contribution in [0, 0.1) is 6.92 Å². The van der Waals surface area contributed by atoms with Gasteiger partial charge in [0.15, 0.2) is 11.5 Å². The topological polar surface area (TPSA) is 105 Å². The summed E-state index contributed by atoms with van der Waals surface area (Å²) in [6.07, 6.45) is 1.47. The maximum absolute atomic E-state index is 10.8. The highest BCUT2D eigenvalue weighted by Gasteiger charge is 2.13. The number of fused-ring (bicyclic) bond motifs is 1. The Kier molecular flexibility index (Phi) is 5.32. The average Bonchev–Trinajstić information content (AvgIpc) is 3.13. The van der Waals surface area contributed by atoms with Crippen molar-refractivity contribution in [1.82, 2.24) is 19.8 Å². The van der Waals surface area contributed by atoms with Crippen molar-refractivity contribution in [2.24, 2.45) is 0 Å². The normalized spacial score (nSPS) is 12.3. The first-order valence-electron chi connectivity index (χ1n) is 8.26. The van der Waals surface area contributed by atoms with Crippen LogP contribution in [0.3, 0.4) is 0 Å². The van der Waals surface area contributed by atoms with Crippen LogP contribution in [-0.4, -0.2) is 43.5 Å². The summed E-state index contributed by atoms with van der Waals surface area (Å²) in [5.41, 5.74) is 2.21. The number of nitrogens with zero attached hydrogens (tertiary/aromatic N) is 3. The Morgan fingerprint density at radius 2 is 2.15 bits per heavy atom. The second-order valence-corrected chi connectivity index (χ2v) is 6.36. The first-order valence-corrected chi connectivity index (χ1v) is 8.64. The number of halogens is 1. The van der Waals surface area contributed by atoms with Crippen molar-refractivity contribution in [3.63, 3.8) is 0 Å². The number of H-pyrrole nitrogens is 1. The van der Waals surface area contributed by atoms with Crippen molar-refractivity contribution in [2.45, 2.75) is 32.7 Å². The van der Waals surface area contributed by atoms with Gasteiger partial charge in [-0.25, -0.2) is 0 Å². The van der Waals surface area contributed by atoms with E-state index in [0.717, 1.165) is 29.4 Å². The largest absolute Gasteiger partial charge is 0.494 e. The molecule has 0 saturated heterocycles. The molecule has 2 heterocycles. The molecular weight excluding hydrogens is 358 g/mol. The van der Waals surface area contributed by atoms with E-state index in [0.29, 0.717) is 23.7 Å². The van der Waals surface area contributed by atoms with E-state index in [9.17, 15) is 4.79 Å². The molecule has 0 radical (unpaired) electrons. The molecule has 3 rings (SSSR count). The molecule has 26 heavy (non-hydrogen) atoms. The summed E-state index contributed by atoms with van der Waals surface area (Å²) in [7, 11) is 0. The summed E-state index contributed by atoms with van der Waals surface area (Å²) < 4.78 is 7.44. The Morgan fingerprint density at radius 1 is 1.42 bits per heavy atom. The fraction of sp³-hybridized carbons (Fsp3) is 0.353. The molecule has 0 fully saturated rings. The van der Waals surface area contributed by atoms with Gasteiger partial charge < -0.3 is 15.2 Å². The Hall–Kier alpha value is -2.74. The minimum absolute atomic E-state index is 0.528. The fourth-order valence-corrected chi connectivity index (χ4v) is 2.66. The van der Waals surface area contributed by atoms with E-state index in [1.54, 1.807) is 35.7 Å². The van der Waals surface area contributed by atoms with E-state index in [2.05, 4.69) is 20.6 Å². The van der Waals surface area contributed by atoms with Crippen molar-refractivity contribution in [1.29, 1.82) is 0 Å². The van der Waals surface area contributed by atoms with Gasteiger partial charge in [0.2, 0.25) is 0 Å². The van der Waals surface area contributed by atoms with Gasteiger partial charge in [0.05, 0.1) is 12.3 Å². The summed E-state index contributed by atoms with van der Waals surface area (Å²) in [4.78, 5) is 10.8. The quantitative estimate of drug-likeness (QED) is 0.521. The maximum Gasteiger partial charge on any atom is 0.325 e. The van der Waals surface area contributed by atoms with Crippen LogP contribution in [-0.2, 0) is 11.2 Å². The molecule has 0 spiro atoms. The molecule has 1 unspecified atom stereocenters. The van der Waals surface area contributed by atoms with Crippen LogP contribution in [0.2, 0.25) is 5.02 Å². The molecule has 8 nitrogen and oxygen atoms in total. The van der Waals surface area contributed by atoms with Gasteiger partial charge in [0.1, 0.15) is 16.8 Å². The number of rotatable bonds is 8. The fourth-order valence-electron chi connectivity index (χ4n) is 2.50. The van der Waals surface area contributed by atoms with Crippen LogP contribution in [0.25, 0.3) is 5.65 Å². The molecule has 0 bridgehead atoms. The number of aromatic amines is 1. The highest BCUT2D eigenvalue weighted by molar-refractivity contribution is 6.34. The standard InChI is InChI=1S/C17H20ClN5O3/c1-10-15(18)16-21-20-14(23(16)22-10)4-3-9-26-13-7-5-12(6-8-13)19-11(2)17(24)25/h5-8,11,19,21H,3-4,9H2,1-2H3,(H,24,25). The van der Waals surface area contributed by atoms with E-state index >= 15 is 0 Å². The molecule has 1 atom stereocenters. The number of benzene rings is 1. The monoisotopic (exact) mass is 377 g/mol. The molecule has 0 aliphatic carbocycles. The third-order valence-electron chi connectivity index (χ3n) is 3.94. The van der Waals surface area contributed by atoms with Gasteiger partial charge in [0, 0.05) is 12.1 Å². The van der Waals surface area contributed by atoms with Crippen molar-refractivity contribution in [3.8, 4) is 5.75 Å². The second kappa shape index (κ2) is 7.65. The number of carbonyl (C=O) groups is 1. The lowest BCUT2D eigenvalue weighted by Gasteiger charge is -2.11. The molecule has 0 saturated carbocycles. The number of aliphatic carboxylic acids is 1. The number of carboxylic acid groups (broad SMARTS) is 1. The summed E-state index contributed by atoms with van der Waals surface area (Å²) in [5, 5.41) is 23.9. The van der Waals surface area contributed by atoms with Crippen LogP contribution in [0.5, 0.6) is 5.75 Å². The number of aryl methyl sites for hydroxylation is 2. The molecule has 0 aliphatic heterocycles. The Balaban J connectivity index is 1.48.